The van der Waals surface area contributed by atoms with Gasteiger partial charge in [-0.25, -0.2) is 0 Å². The van der Waals surface area contributed by atoms with Crippen molar-refractivity contribution in [3.05, 3.63) is 24.3 Å². The molecule has 2 aliphatic heterocycles. The molecule has 0 unspecified atom stereocenters. The number of nitrogens with one attached hydrogen (secondary N) is 1. The van der Waals surface area contributed by atoms with Gasteiger partial charge in [0.15, 0.2) is 0 Å². The van der Waals surface area contributed by atoms with E-state index in [1.807, 2.05) is 23.1 Å². The van der Waals surface area contributed by atoms with E-state index in [2.05, 4.69) is 23.2 Å². The number of likely N-dealkylation sites (tertiary alicyclic amines) is 1. The molecule has 0 aromatic heterocycles. The summed E-state index contributed by atoms with van der Waals surface area (Å²) in [6.07, 6.45) is 3.77. The van der Waals surface area contributed by atoms with Crippen LogP contribution in [0.3, 0.4) is 0 Å². The predicted molar refractivity (Wildman–Crippen MR) is 97.4 cm³/mol. The number of nitrogens with zero attached hydrogens (tertiary/aromatic N) is 2. The van der Waals surface area contributed by atoms with E-state index in [1.54, 1.807) is 0 Å². The van der Waals surface area contributed by atoms with Crippen molar-refractivity contribution in [3.8, 4) is 0 Å². The number of carbonyl (C=O) groups excluding carboxylic acids is 1. The minimum atomic E-state index is -0.177. The average molecular weight is 331 g/mol. The largest absolute Gasteiger partial charge is 0.393 e. The summed E-state index contributed by atoms with van der Waals surface area (Å²) in [6.45, 7) is 6.05. The summed E-state index contributed by atoms with van der Waals surface area (Å²) in [5.74, 6) is 0.792. The maximum Gasteiger partial charge on any atom is 0.241 e. The van der Waals surface area contributed by atoms with Crippen LogP contribution in [-0.4, -0.2) is 54.7 Å². The van der Waals surface area contributed by atoms with Gasteiger partial charge in [0, 0.05) is 26.2 Å². The van der Waals surface area contributed by atoms with Crippen molar-refractivity contribution in [1.29, 1.82) is 0 Å². The van der Waals surface area contributed by atoms with Crippen molar-refractivity contribution in [1.82, 2.24) is 4.90 Å². The first-order chi connectivity index (χ1) is 11.6. The molecule has 132 valence electrons. The van der Waals surface area contributed by atoms with E-state index in [9.17, 15) is 9.90 Å². The first-order valence-corrected chi connectivity index (χ1v) is 9.17. The maximum atomic E-state index is 12.5. The fraction of sp³-hybridized carbons (Fsp3) is 0.632. The molecular weight excluding hydrogens is 302 g/mol. The van der Waals surface area contributed by atoms with Gasteiger partial charge in [-0.1, -0.05) is 19.1 Å². The van der Waals surface area contributed by atoms with E-state index in [-0.39, 0.29) is 12.0 Å². The van der Waals surface area contributed by atoms with E-state index >= 15 is 0 Å². The first kappa shape index (κ1) is 17.1. The third-order valence-electron chi connectivity index (χ3n) is 5.15. The molecule has 0 saturated carbocycles. The van der Waals surface area contributed by atoms with Crippen LogP contribution < -0.4 is 10.2 Å². The van der Waals surface area contributed by atoms with Crippen molar-refractivity contribution in [2.24, 2.45) is 5.92 Å². The number of anilines is 2. The summed E-state index contributed by atoms with van der Waals surface area (Å²) in [6, 6.07) is 8.15. The number of aliphatic hydroxyl groups excluding tert-OH is 1. The van der Waals surface area contributed by atoms with E-state index < -0.39 is 0 Å². The summed E-state index contributed by atoms with van der Waals surface area (Å²) in [5.41, 5.74) is 2.14. The Balaban J connectivity index is 1.60. The van der Waals surface area contributed by atoms with Crippen molar-refractivity contribution in [3.63, 3.8) is 0 Å². The highest BCUT2D eigenvalue weighted by Gasteiger charge is 2.22. The van der Waals surface area contributed by atoms with Gasteiger partial charge in [-0.15, -0.1) is 0 Å². The monoisotopic (exact) mass is 331 g/mol. The lowest BCUT2D eigenvalue weighted by Crippen LogP contribution is -2.42. The molecule has 2 N–H and O–H groups in total. The number of carbonyl (C=O) groups is 1. The van der Waals surface area contributed by atoms with Crippen LogP contribution in [0.1, 0.15) is 32.6 Å². The standard InChI is InChI=1S/C19H29N3O2/c1-15-5-4-10-22(14-15)19(24)13-20-17-6-2-3-7-18(17)21-11-8-16(23)9-12-21/h2-3,6-7,15-16,20,23H,4-5,8-14H2,1H3/t15-/m0/s1. The zero-order valence-electron chi connectivity index (χ0n) is 14.6. The molecular formula is C19H29N3O2. The zero-order valence-corrected chi connectivity index (χ0v) is 14.6. The summed E-state index contributed by atoms with van der Waals surface area (Å²) in [7, 11) is 0. The average Bonchev–Trinajstić information content (AvgIpc) is 2.61. The maximum absolute atomic E-state index is 12.5. The van der Waals surface area contributed by atoms with Gasteiger partial charge < -0.3 is 20.2 Å². The lowest BCUT2D eigenvalue weighted by atomic mass is 10.0. The fourth-order valence-corrected chi connectivity index (χ4v) is 3.70. The third-order valence-corrected chi connectivity index (χ3v) is 5.15. The molecule has 2 heterocycles. The lowest BCUT2D eigenvalue weighted by Gasteiger charge is -2.33. The molecule has 3 rings (SSSR count). The van der Waals surface area contributed by atoms with Crippen molar-refractivity contribution in [2.75, 3.05) is 42.9 Å². The molecule has 0 bridgehead atoms. The summed E-state index contributed by atoms with van der Waals surface area (Å²) < 4.78 is 0. The normalized spacial score (nSPS) is 22.5. The van der Waals surface area contributed by atoms with Gasteiger partial charge in [-0.3, -0.25) is 4.79 Å². The zero-order chi connectivity index (χ0) is 16.9. The number of rotatable bonds is 4. The van der Waals surface area contributed by atoms with E-state index in [4.69, 9.17) is 0 Å². The van der Waals surface area contributed by atoms with Crippen LogP contribution in [-0.2, 0) is 4.79 Å². The number of aliphatic hydroxyl groups is 1. The first-order valence-electron chi connectivity index (χ1n) is 9.17. The second-order valence-corrected chi connectivity index (χ2v) is 7.18. The minimum Gasteiger partial charge on any atom is -0.393 e. The van der Waals surface area contributed by atoms with Crippen LogP contribution >= 0.6 is 0 Å². The van der Waals surface area contributed by atoms with Crippen LogP contribution in [0.15, 0.2) is 24.3 Å². The summed E-state index contributed by atoms with van der Waals surface area (Å²) in [4.78, 5) is 16.7. The van der Waals surface area contributed by atoms with E-state index in [0.29, 0.717) is 12.5 Å². The number of benzene rings is 1. The highest BCUT2D eigenvalue weighted by Crippen LogP contribution is 2.28. The number of amides is 1. The molecule has 0 radical (unpaired) electrons. The Hall–Kier alpha value is -1.75. The molecule has 0 spiro atoms. The molecule has 1 amide bonds. The van der Waals surface area contributed by atoms with E-state index in [0.717, 1.165) is 56.8 Å². The highest BCUT2D eigenvalue weighted by atomic mass is 16.3. The number of hydrogen-bond donors (Lipinski definition) is 2. The van der Waals surface area contributed by atoms with Gasteiger partial charge in [-0.05, 0) is 43.7 Å². The van der Waals surface area contributed by atoms with Crippen molar-refractivity contribution in [2.45, 2.75) is 38.7 Å². The molecule has 2 saturated heterocycles. The van der Waals surface area contributed by atoms with Crippen molar-refractivity contribution >= 4 is 17.3 Å². The molecule has 1 atom stereocenters. The molecule has 2 fully saturated rings. The topological polar surface area (TPSA) is 55.8 Å². The molecule has 24 heavy (non-hydrogen) atoms. The van der Waals surface area contributed by atoms with Gasteiger partial charge in [0.2, 0.25) is 5.91 Å². The minimum absolute atomic E-state index is 0.177. The Kier molecular flexibility index (Phi) is 5.61. The fourth-order valence-electron chi connectivity index (χ4n) is 3.70. The molecule has 0 aliphatic carbocycles. The Labute approximate surface area is 144 Å². The van der Waals surface area contributed by atoms with Crippen LogP contribution in [0.2, 0.25) is 0 Å². The summed E-state index contributed by atoms with van der Waals surface area (Å²) >= 11 is 0. The quantitative estimate of drug-likeness (QED) is 0.889. The van der Waals surface area contributed by atoms with E-state index in [1.165, 1.54) is 6.42 Å². The highest BCUT2D eigenvalue weighted by molar-refractivity contribution is 5.83. The van der Waals surface area contributed by atoms with Crippen molar-refractivity contribution < 1.29 is 9.90 Å². The number of piperidine rings is 2. The van der Waals surface area contributed by atoms with Gasteiger partial charge in [0.25, 0.3) is 0 Å². The lowest BCUT2D eigenvalue weighted by molar-refractivity contribution is -0.130. The molecule has 5 nitrogen and oxygen atoms in total. The van der Waals surface area contributed by atoms with Crippen LogP contribution in [0.5, 0.6) is 0 Å². The Morgan fingerprint density at radius 2 is 1.96 bits per heavy atom. The Bertz CT molecular complexity index is 555. The number of hydrogen-bond acceptors (Lipinski definition) is 4. The molecule has 2 aliphatic rings. The molecule has 1 aromatic rings. The van der Waals surface area contributed by atoms with Gasteiger partial charge in [0.1, 0.15) is 0 Å². The Morgan fingerprint density at radius 3 is 2.71 bits per heavy atom. The second kappa shape index (κ2) is 7.88. The Morgan fingerprint density at radius 1 is 1.21 bits per heavy atom. The molecule has 5 heteroatoms. The van der Waals surface area contributed by atoms with Crippen LogP contribution in [0.25, 0.3) is 0 Å². The van der Waals surface area contributed by atoms with Crippen LogP contribution in [0, 0.1) is 5.92 Å². The van der Waals surface area contributed by atoms with Crippen LogP contribution in [0.4, 0.5) is 11.4 Å². The third kappa shape index (κ3) is 4.20. The molecule has 1 aromatic carbocycles. The smallest absolute Gasteiger partial charge is 0.241 e. The SMILES string of the molecule is C[C@H]1CCCN(C(=O)CNc2ccccc2N2CCC(O)CC2)C1. The number of para-hydroxylation sites is 2. The van der Waals surface area contributed by atoms with Gasteiger partial charge >= 0.3 is 0 Å². The predicted octanol–water partition coefficient (Wildman–Crippen LogP) is 2.32. The van der Waals surface area contributed by atoms with Gasteiger partial charge in [-0.2, -0.15) is 0 Å². The second-order valence-electron chi connectivity index (χ2n) is 7.18. The van der Waals surface area contributed by atoms with Gasteiger partial charge in [0.05, 0.1) is 24.0 Å². The summed E-state index contributed by atoms with van der Waals surface area (Å²) in [5, 5.41) is 13.0.